The topological polar surface area (TPSA) is 44.2 Å². The Morgan fingerprint density at radius 2 is 1.83 bits per heavy atom. The first-order valence-corrected chi connectivity index (χ1v) is 7.55. The second kappa shape index (κ2) is 5.82. The summed E-state index contributed by atoms with van der Waals surface area (Å²) in [6.07, 6.45) is 1.05. The molecule has 0 bridgehead atoms. The summed E-state index contributed by atoms with van der Waals surface area (Å²) in [6, 6.07) is 18.1. The van der Waals surface area contributed by atoms with Crippen LogP contribution in [0.15, 0.2) is 60.9 Å². The van der Waals surface area contributed by atoms with Gasteiger partial charge in [-0.3, -0.25) is 0 Å². The number of para-hydroxylation sites is 1. The van der Waals surface area contributed by atoms with Crippen molar-refractivity contribution in [1.29, 1.82) is 0 Å². The number of hydrogen-bond donors (Lipinski definition) is 0. The normalized spacial score (nSPS) is 16.5. The first-order valence-electron chi connectivity index (χ1n) is 7.55. The quantitative estimate of drug-likeness (QED) is 0.716. The number of fused-ring (bicyclic) bond motifs is 1. The van der Waals surface area contributed by atoms with Crippen molar-refractivity contribution in [2.45, 2.75) is 19.8 Å². The molecule has 1 aliphatic heterocycles. The maximum Gasteiger partial charge on any atom is 0.244 e. The molecule has 0 spiro atoms. The van der Waals surface area contributed by atoms with Crippen LogP contribution in [0.3, 0.4) is 0 Å². The summed E-state index contributed by atoms with van der Waals surface area (Å²) < 4.78 is 11.7. The minimum Gasteiger partial charge on any atom is -0.459 e. The summed E-state index contributed by atoms with van der Waals surface area (Å²) in [5.74, 6) is 0.847. The summed E-state index contributed by atoms with van der Waals surface area (Å²) in [7, 11) is 0. The Bertz CT molecular complexity index is 831. The molecule has 0 fully saturated rings. The van der Waals surface area contributed by atoms with Crippen molar-refractivity contribution in [3.8, 4) is 17.0 Å². The predicted molar refractivity (Wildman–Crippen MR) is 86.8 cm³/mol. The van der Waals surface area contributed by atoms with Gasteiger partial charge in [0.2, 0.25) is 6.29 Å². The van der Waals surface area contributed by atoms with Gasteiger partial charge in [0.05, 0.1) is 12.3 Å². The van der Waals surface area contributed by atoms with Crippen molar-refractivity contribution in [2.75, 3.05) is 0 Å². The lowest BCUT2D eigenvalue weighted by molar-refractivity contribution is -0.114. The van der Waals surface area contributed by atoms with Crippen molar-refractivity contribution < 1.29 is 9.47 Å². The number of aryl methyl sites for hydroxylation is 1. The van der Waals surface area contributed by atoms with Crippen LogP contribution in [0.2, 0.25) is 0 Å². The number of aromatic nitrogens is 2. The summed E-state index contributed by atoms with van der Waals surface area (Å²) in [4.78, 5) is 8.67. The number of rotatable bonds is 2. The predicted octanol–water partition coefficient (Wildman–Crippen LogP) is 4.06. The first-order chi connectivity index (χ1) is 11.3. The summed E-state index contributed by atoms with van der Waals surface area (Å²) >= 11 is 0. The molecule has 2 aromatic carbocycles. The fourth-order valence-corrected chi connectivity index (χ4v) is 2.58. The zero-order chi connectivity index (χ0) is 15.6. The molecule has 1 atom stereocenters. The third kappa shape index (κ3) is 2.81. The summed E-state index contributed by atoms with van der Waals surface area (Å²) in [5, 5.41) is 0. The molecule has 4 heteroatoms. The van der Waals surface area contributed by atoms with E-state index in [-0.39, 0.29) is 0 Å². The zero-order valence-electron chi connectivity index (χ0n) is 12.8. The molecule has 3 aromatic rings. The van der Waals surface area contributed by atoms with Gasteiger partial charge in [-0.1, -0.05) is 48.0 Å². The molecule has 0 N–H and O–H groups in total. The third-order valence-corrected chi connectivity index (χ3v) is 3.87. The van der Waals surface area contributed by atoms with Crippen LogP contribution < -0.4 is 4.74 Å². The minimum atomic E-state index is -0.503. The number of benzene rings is 2. The van der Waals surface area contributed by atoms with Gasteiger partial charge >= 0.3 is 0 Å². The van der Waals surface area contributed by atoms with Gasteiger partial charge in [0.25, 0.3) is 0 Å². The maximum absolute atomic E-state index is 5.92. The molecule has 1 unspecified atom stereocenters. The Morgan fingerprint density at radius 3 is 2.70 bits per heavy atom. The smallest absolute Gasteiger partial charge is 0.244 e. The van der Waals surface area contributed by atoms with E-state index in [1.54, 1.807) is 6.33 Å². The second-order valence-electron chi connectivity index (χ2n) is 5.56. The highest BCUT2D eigenvalue weighted by Gasteiger charge is 2.23. The summed E-state index contributed by atoms with van der Waals surface area (Å²) in [5.41, 5.74) is 4.91. The average Bonchev–Trinajstić information content (AvgIpc) is 2.62. The van der Waals surface area contributed by atoms with Crippen molar-refractivity contribution in [3.63, 3.8) is 0 Å². The van der Waals surface area contributed by atoms with E-state index >= 15 is 0 Å². The van der Waals surface area contributed by atoms with Gasteiger partial charge in [-0.05, 0) is 19.1 Å². The monoisotopic (exact) mass is 304 g/mol. The zero-order valence-corrected chi connectivity index (χ0v) is 12.8. The molecular weight excluding hydrogens is 288 g/mol. The molecule has 0 radical (unpaired) electrons. The highest BCUT2D eigenvalue weighted by Crippen LogP contribution is 2.32. The van der Waals surface area contributed by atoms with Gasteiger partial charge in [-0.15, -0.1) is 0 Å². The second-order valence-corrected chi connectivity index (χ2v) is 5.56. The van der Waals surface area contributed by atoms with Crippen molar-refractivity contribution in [1.82, 2.24) is 9.97 Å². The highest BCUT2D eigenvalue weighted by atomic mass is 16.7. The van der Waals surface area contributed by atoms with Crippen LogP contribution in [0, 0.1) is 6.92 Å². The Labute approximate surface area is 134 Å². The lowest BCUT2D eigenvalue weighted by atomic mass is 10.1. The van der Waals surface area contributed by atoms with Crippen LogP contribution in [0.1, 0.15) is 23.1 Å². The molecule has 0 amide bonds. The Kier molecular flexibility index (Phi) is 3.52. The van der Waals surface area contributed by atoms with E-state index in [0.717, 1.165) is 28.3 Å². The third-order valence-electron chi connectivity index (χ3n) is 3.87. The summed E-state index contributed by atoms with van der Waals surface area (Å²) in [6.45, 7) is 2.58. The van der Waals surface area contributed by atoms with E-state index < -0.39 is 6.29 Å². The fraction of sp³-hybridized carbons (Fsp3) is 0.158. The average molecular weight is 304 g/mol. The van der Waals surface area contributed by atoms with Gasteiger partial charge in [-0.25, -0.2) is 9.97 Å². The van der Waals surface area contributed by atoms with Crippen LogP contribution >= 0.6 is 0 Å². The van der Waals surface area contributed by atoms with Crippen LogP contribution in [0.25, 0.3) is 11.3 Å². The Balaban J connectivity index is 1.63. The molecule has 4 nitrogen and oxygen atoms in total. The Morgan fingerprint density at radius 1 is 1.00 bits per heavy atom. The molecule has 114 valence electrons. The van der Waals surface area contributed by atoms with Crippen molar-refractivity contribution in [3.05, 3.63) is 77.7 Å². The fourth-order valence-electron chi connectivity index (χ4n) is 2.58. The molecule has 23 heavy (non-hydrogen) atoms. The van der Waals surface area contributed by atoms with E-state index in [0.29, 0.717) is 6.61 Å². The number of hydrogen-bond acceptors (Lipinski definition) is 4. The van der Waals surface area contributed by atoms with Crippen LogP contribution in [-0.2, 0) is 11.3 Å². The van der Waals surface area contributed by atoms with E-state index in [1.807, 2.05) is 30.3 Å². The van der Waals surface area contributed by atoms with E-state index in [1.165, 1.54) is 5.56 Å². The van der Waals surface area contributed by atoms with Crippen LogP contribution in [0.4, 0.5) is 0 Å². The molecule has 1 aromatic heterocycles. The van der Waals surface area contributed by atoms with Crippen molar-refractivity contribution in [2.24, 2.45) is 0 Å². The van der Waals surface area contributed by atoms with Crippen LogP contribution in [-0.4, -0.2) is 9.97 Å². The molecule has 4 rings (SSSR count). The minimum absolute atomic E-state index is 0.503. The van der Waals surface area contributed by atoms with Gasteiger partial charge in [0.1, 0.15) is 17.8 Å². The van der Waals surface area contributed by atoms with Crippen molar-refractivity contribution >= 4 is 0 Å². The van der Waals surface area contributed by atoms with Crippen LogP contribution in [0.5, 0.6) is 5.75 Å². The highest BCUT2D eigenvalue weighted by molar-refractivity contribution is 5.59. The Hall–Kier alpha value is -2.72. The van der Waals surface area contributed by atoms with Gasteiger partial charge in [-0.2, -0.15) is 0 Å². The van der Waals surface area contributed by atoms with Gasteiger partial charge in [0, 0.05) is 11.1 Å². The number of ether oxygens (including phenoxy) is 2. The molecule has 1 aliphatic rings. The van der Waals surface area contributed by atoms with E-state index in [4.69, 9.17) is 9.47 Å². The van der Waals surface area contributed by atoms with Gasteiger partial charge < -0.3 is 9.47 Å². The largest absolute Gasteiger partial charge is 0.459 e. The lowest BCUT2D eigenvalue weighted by Crippen LogP contribution is -2.19. The molecule has 2 heterocycles. The van der Waals surface area contributed by atoms with E-state index in [9.17, 15) is 0 Å². The molecular formula is C19H16N2O2. The van der Waals surface area contributed by atoms with E-state index in [2.05, 4.69) is 41.2 Å². The lowest BCUT2D eigenvalue weighted by Gasteiger charge is -2.25. The SMILES string of the molecule is Cc1ccc(-c2cc(C3OCc4ccccc4O3)ncn2)cc1. The molecule has 0 aliphatic carbocycles. The molecule has 0 saturated carbocycles. The maximum atomic E-state index is 5.92. The molecule has 0 saturated heterocycles. The number of nitrogens with zero attached hydrogens (tertiary/aromatic N) is 2. The first kappa shape index (κ1) is 13.9. The van der Waals surface area contributed by atoms with Gasteiger partial charge in [0.15, 0.2) is 0 Å². The standard InChI is InChI=1S/C19H16N2O2/c1-13-6-8-14(9-7-13)16-10-17(21-12-20-16)19-22-11-15-4-2-3-5-18(15)23-19/h2-10,12,19H,11H2,1H3.